The summed E-state index contributed by atoms with van der Waals surface area (Å²) in [5.74, 6) is 0. The van der Waals surface area contributed by atoms with E-state index < -0.39 is 0 Å². The Kier molecular flexibility index (Phi) is 2.46. The molecule has 0 spiro atoms. The van der Waals surface area contributed by atoms with Crippen molar-refractivity contribution in [3.05, 3.63) is 47.4 Å². The number of hydrogen-bond acceptors (Lipinski definition) is 3. The number of carbonyl (C=O) groups is 1. The molecule has 1 aromatic rings. The Bertz CT molecular complexity index is 395. The van der Waals surface area contributed by atoms with Crippen LogP contribution in [-0.4, -0.2) is 18.2 Å². The molecule has 3 heteroatoms. The van der Waals surface area contributed by atoms with E-state index in [0.29, 0.717) is 5.70 Å². The summed E-state index contributed by atoms with van der Waals surface area (Å²) < 4.78 is 5.43. The molecule has 0 N–H and O–H groups in total. The number of nitrogens with zero attached hydrogens (tertiary/aromatic N) is 1. The van der Waals surface area contributed by atoms with E-state index in [0.717, 1.165) is 11.8 Å². The second kappa shape index (κ2) is 3.77. The van der Waals surface area contributed by atoms with Gasteiger partial charge in [-0.3, -0.25) is 4.79 Å². The van der Waals surface area contributed by atoms with E-state index >= 15 is 0 Å². The second-order valence-corrected chi connectivity index (χ2v) is 3.67. The number of hydrogen-bond donors (Lipinski definition) is 0. The van der Waals surface area contributed by atoms with Gasteiger partial charge in [0, 0.05) is 12.6 Å². The summed E-state index contributed by atoms with van der Waals surface area (Å²) in [6, 6.07) is 8.09. The van der Waals surface area contributed by atoms with Gasteiger partial charge in [-0.1, -0.05) is 29.8 Å². The minimum atomic E-state index is -0.175. The molecule has 1 aromatic carbocycles. The van der Waals surface area contributed by atoms with Gasteiger partial charge < -0.3 is 9.64 Å². The van der Waals surface area contributed by atoms with Gasteiger partial charge >= 0.3 is 0 Å². The molecule has 1 aliphatic rings. The molecule has 3 nitrogen and oxygen atoms in total. The van der Waals surface area contributed by atoms with Crippen molar-refractivity contribution in [1.29, 1.82) is 0 Å². The van der Waals surface area contributed by atoms with E-state index in [1.54, 1.807) is 0 Å². The molecule has 0 radical (unpaired) electrons. The van der Waals surface area contributed by atoms with Gasteiger partial charge in [-0.05, 0) is 6.92 Å². The number of benzene rings is 1. The lowest BCUT2D eigenvalue weighted by molar-refractivity contribution is -0.106. The summed E-state index contributed by atoms with van der Waals surface area (Å²) in [5.41, 5.74) is 2.83. The van der Waals surface area contributed by atoms with Gasteiger partial charge in [-0.15, -0.1) is 0 Å². The molecular formula is C12H13NO2. The Balaban J connectivity index is 2.21. The SMILES string of the molecule is Cc1ccc(C2OC=C(C=O)N2C)cc1. The minimum Gasteiger partial charge on any atom is -0.472 e. The Hall–Kier alpha value is -1.77. The predicted molar refractivity (Wildman–Crippen MR) is 56.9 cm³/mol. The quantitative estimate of drug-likeness (QED) is 0.688. The zero-order valence-corrected chi connectivity index (χ0v) is 8.81. The number of rotatable bonds is 2. The molecule has 2 rings (SSSR count). The van der Waals surface area contributed by atoms with Crippen LogP contribution in [-0.2, 0) is 9.53 Å². The fourth-order valence-corrected chi connectivity index (χ4v) is 1.59. The third kappa shape index (κ3) is 1.73. The van der Waals surface area contributed by atoms with Crippen LogP contribution in [0.2, 0.25) is 0 Å². The molecule has 0 aromatic heterocycles. The number of allylic oxidation sites excluding steroid dienone is 1. The van der Waals surface area contributed by atoms with Crippen LogP contribution in [0.15, 0.2) is 36.2 Å². The monoisotopic (exact) mass is 203 g/mol. The highest BCUT2D eigenvalue weighted by Gasteiger charge is 2.25. The lowest BCUT2D eigenvalue weighted by Crippen LogP contribution is -2.20. The normalized spacial score (nSPS) is 19.7. The molecule has 78 valence electrons. The zero-order valence-electron chi connectivity index (χ0n) is 8.81. The summed E-state index contributed by atoms with van der Waals surface area (Å²) in [6.45, 7) is 2.04. The molecule has 0 fully saturated rings. The van der Waals surface area contributed by atoms with E-state index in [-0.39, 0.29) is 6.23 Å². The van der Waals surface area contributed by atoms with Crippen molar-refractivity contribution in [3.63, 3.8) is 0 Å². The number of likely N-dealkylation sites (N-methyl/N-ethyl adjacent to an activating group) is 1. The molecule has 1 atom stereocenters. The number of carbonyl (C=O) groups excluding carboxylic acids is 1. The fourth-order valence-electron chi connectivity index (χ4n) is 1.59. The molecule has 1 unspecified atom stereocenters. The first-order valence-corrected chi connectivity index (χ1v) is 4.82. The van der Waals surface area contributed by atoms with Crippen LogP contribution in [0.25, 0.3) is 0 Å². The largest absolute Gasteiger partial charge is 0.472 e. The summed E-state index contributed by atoms with van der Waals surface area (Å²) in [5, 5.41) is 0. The first kappa shape index (κ1) is 9.77. The third-order valence-corrected chi connectivity index (χ3v) is 2.56. The van der Waals surface area contributed by atoms with Gasteiger partial charge in [0.1, 0.15) is 12.0 Å². The maximum atomic E-state index is 10.7. The van der Waals surface area contributed by atoms with Gasteiger partial charge in [0.15, 0.2) is 12.5 Å². The molecule has 0 saturated heterocycles. The average Bonchev–Trinajstić information content (AvgIpc) is 2.61. The summed E-state index contributed by atoms with van der Waals surface area (Å²) in [4.78, 5) is 12.5. The molecule has 0 aliphatic carbocycles. The maximum Gasteiger partial charge on any atom is 0.197 e. The van der Waals surface area contributed by atoms with Gasteiger partial charge in [0.25, 0.3) is 0 Å². The standard InChI is InChI=1S/C12H13NO2/c1-9-3-5-10(6-4-9)12-13(2)11(7-14)8-15-12/h3-8,12H,1-2H3. The maximum absolute atomic E-state index is 10.7. The van der Waals surface area contributed by atoms with Gasteiger partial charge in [0.2, 0.25) is 0 Å². The number of ether oxygens (including phenoxy) is 1. The lowest BCUT2D eigenvalue weighted by atomic mass is 10.1. The average molecular weight is 203 g/mol. The highest BCUT2D eigenvalue weighted by molar-refractivity contribution is 5.72. The fraction of sp³-hybridized carbons (Fsp3) is 0.250. The van der Waals surface area contributed by atoms with Gasteiger partial charge in [-0.25, -0.2) is 0 Å². The Morgan fingerprint density at radius 1 is 1.33 bits per heavy atom. The second-order valence-electron chi connectivity index (χ2n) is 3.67. The van der Waals surface area contributed by atoms with Crippen LogP contribution in [0.5, 0.6) is 0 Å². The van der Waals surface area contributed by atoms with Crippen LogP contribution in [0, 0.1) is 6.92 Å². The summed E-state index contributed by atoms with van der Waals surface area (Å²) >= 11 is 0. The van der Waals surface area contributed by atoms with Crippen LogP contribution >= 0.6 is 0 Å². The lowest BCUT2D eigenvalue weighted by Gasteiger charge is -2.21. The third-order valence-electron chi connectivity index (χ3n) is 2.56. The van der Waals surface area contributed by atoms with Crippen molar-refractivity contribution in [2.75, 3.05) is 7.05 Å². The molecule has 0 bridgehead atoms. The highest BCUT2D eigenvalue weighted by Crippen LogP contribution is 2.29. The zero-order chi connectivity index (χ0) is 10.8. The van der Waals surface area contributed by atoms with E-state index in [4.69, 9.17) is 4.74 Å². The van der Waals surface area contributed by atoms with Crippen LogP contribution in [0.1, 0.15) is 17.4 Å². The molecular weight excluding hydrogens is 190 g/mol. The summed E-state index contributed by atoms with van der Waals surface area (Å²) in [7, 11) is 1.84. The van der Waals surface area contributed by atoms with E-state index in [2.05, 4.69) is 0 Å². The van der Waals surface area contributed by atoms with Crippen molar-refractivity contribution in [1.82, 2.24) is 4.90 Å². The Morgan fingerprint density at radius 3 is 2.53 bits per heavy atom. The molecule has 15 heavy (non-hydrogen) atoms. The minimum absolute atomic E-state index is 0.175. The first-order valence-electron chi connectivity index (χ1n) is 4.82. The van der Waals surface area contributed by atoms with E-state index in [1.165, 1.54) is 11.8 Å². The van der Waals surface area contributed by atoms with Crippen molar-refractivity contribution in [2.45, 2.75) is 13.2 Å². The van der Waals surface area contributed by atoms with Crippen molar-refractivity contribution >= 4 is 6.29 Å². The molecule has 0 saturated carbocycles. The topological polar surface area (TPSA) is 29.5 Å². The van der Waals surface area contributed by atoms with Crippen LogP contribution < -0.4 is 0 Å². The van der Waals surface area contributed by atoms with Crippen LogP contribution in [0.4, 0.5) is 0 Å². The number of aldehydes is 1. The van der Waals surface area contributed by atoms with Crippen molar-refractivity contribution in [3.8, 4) is 0 Å². The molecule has 1 aliphatic heterocycles. The summed E-state index contributed by atoms with van der Waals surface area (Å²) in [6.07, 6.45) is 2.12. The Morgan fingerprint density at radius 2 is 2.00 bits per heavy atom. The van der Waals surface area contributed by atoms with E-state index in [1.807, 2.05) is 43.1 Å². The predicted octanol–water partition coefficient (Wildman–Crippen LogP) is 2.00. The van der Waals surface area contributed by atoms with Crippen molar-refractivity contribution < 1.29 is 9.53 Å². The van der Waals surface area contributed by atoms with E-state index in [9.17, 15) is 4.79 Å². The van der Waals surface area contributed by atoms with Crippen molar-refractivity contribution in [2.24, 2.45) is 0 Å². The number of aryl methyl sites for hydroxylation is 1. The molecule has 0 amide bonds. The Labute approximate surface area is 89.0 Å². The first-order chi connectivity index (χ1) is 7.22. The highest BCUT2D eigenvalue weighted by atomic mass is 16.5. The molecule has 1 heterocycles. The van der Waals surface area contributed by atoms with Gasteiger partial charge in [0.05, 0.1) is 0 Å². The smallest absolute Gasteiger partial charge is 0.197 e. The van der Waals surface area contributed by atoms with Gasteiger partial charge in [-0.2, -0.15) is 0 Å². The van der Waals surface area contributed by atoms with Crippen LogP contribution in [0.3, 0.4) is 0 Å².